The summed E-state index contributed by atoms with van der Waals surface area (Å²) in [5.74, 6) is -3.31. The topological polar surface area (TPSA) is 212 Å². The van der Waals surface area contributed by atoms with Crippen molar-refractivity contribution in [3.63, 3.8) is 0 Å². The van der Waals surface area contributed by atoms with Gasteiger partial charge in [0.2, 0.25) is 17.7 Å². The van der Waals surface area contributed by atoms with Crippen molar-refractivity contribution >= 4 is 35.4 Å². The number of carboxylic acid groups (broad SMARTS) is 1. The molecule has 1 aromatic carbocycles. The standard InChI is InChI=1S/C28H33N9O6/c1-16(2)24(32-22(38)13-17-7-4-3-5-8-17)27(42)31-19(10-11-23(39)40)28(43)37-20(14-18-9-6-12-29-25(18)37)26(41)30-15-21-33-35-36-34-21/h3-9,12,16,19-20,24H,10-11,13-15H2,1-2H3,(H,30,41)(H,31,42)(H,32,38)(H,39,40)(H,33,34,35,36). The van der Waals surface area contributed by atoms with Crippen molar-refractivity contribution in [1.82, 2.24) is 41.6 Å². The van der Waals surface area contributed by atoms with E-state index in [1.54, 1.807) is 50.2 Å². The molecule has 15 nitrogen and oxygen atoms in total. The predicted octanol–water partition coefficient (Wildman–Crippen LogP) is -0.0981. The van der Waals surface area contributed by atoms with Gasteiger partial charge in [0.15, 0.2) is 5.82 Å². The number of pyridine rings is 1. The highest BCUT2D eigenvalue weighted by Crippen LogP contribution is 2.31. The number of H-pyrrole nitrogens is 1. The first-order valence-electron chi connectivity index (χ1n) is 13.8. The number of aromatic nitrogens is 5. The summed E-state index contributed by atoms with van der Waals surface area (Å²) in [4.78, 5) is 70.5. The Balaban J connectivity index is 1.53. The van der Waals surface area contributed by atoms with Gasteiger partial charge in [0.25, 0.3) is 5.91 Å². The number of aromatic amines is 1. The molecule has 0 bridgehead atoms. The van der Waals surface area contributed by atoms with E-state index < -0.39 is 48.2 Å². The van der Waals surface area contributed by atoms with Crippen molar-refractivity contribution < 1.29 is 29.1 Å². The molecule has 4 rings (SSSR count). The average Bonchev–Trinajstić information content (AvgIpc) is 3.65. The van der Waals surface area contributed by atoms with Crippen molar-refractivity contribution in [2.45, 2.75) is 64.2 Å². The fourth-order valence-electron chi connectivity index (χ4n) is 4.76. The molecule has 4 amide bonds. The average molecular weight is 592 g/mol. The molecule has 3 atom stereocenters. The number of fused-ring (bicyclic) bond motifs is 1. The number of tetrazole rings is 1. The Bertz CT molecular complexity index is 1450. The number of amides is 4. The lowest BCUT2D eigenvalue weighted by Crippen LogP contribution is -2.58. The second kappa shape index (κ2) is 14.1. The maximum absolute atomic E-state index is 14.0. The van der Waals surface area contributed by atoms with Crippen LogP contribution in [0.1, 0.15) is 43.6 Å². The molecule has 226 valence electrons. The smallest absolute Gasteiger partial charge is 0.303 e. The number of hydrogen-bond donors (Lipinski definition) is 5. The molecule has 1 aliphatic heterocycles. The number of hydrogen-bond acceptors (Lipinski definition) is 9. The van der Waals surface area contributed by atoms with Crippen molar-refractivity contribution in [1.29, 1.82) is 0 Å². The molecule has 3 unspecified atom stereocenters. The molecular formula is C28H33N9O6. The highest BCUT2D eigenvalue weighted by atomic mass is 16.4. The van der Waals surface area contributed by atoms with Gasteiger partial charge in [-0.2, -0.15) is 5.21 Å². The van der Waals surface area contributed by atoms with Crippen LogP contribution in [0.4, 0.5) is 5.82 Å². The summed E-state index contributed by atoms with van der Waals surface area (Å²) in [5.41, 5.74) is 1.40. The normalized spacial score (nSPS) is 15.3. The van der Waals surface area contributed by atoms with Crippen molar-refractivity contribution in [3.8, 4) is 0 Å². The molecule has 1 aliphatic rings. The first-order chi connectivity index (χ1) is 20.6. The van der Waals surface area contributed by atoms with Crippen LogP contribution < -0.4 is 20.9 Å². The van der Waals surface area contributed by atoms with Gasteiger partial charge >= 0.3 is 5.97 Å². The molecule has 3 heterocycles. The van der Waals surface area contributed by atoms with Gasteiger partial charge < -0.3 is 21.1 Å². The van der Waals surface area contributed by atoms with Crippen LogP contribution in [0.3, 0.4) is 0 Å². The number of benzene rings is 1. The van der Waals surface area contributed by atoms with E-state index in [1.807, 2.05) is 6.07 Å². The van der Waals surface area contributed by atoms with E-state index in [2.05, 4.69) is 41.6 Å². The zero-order valence-electron chi connectivity index (χ0n) is 23.7. The van der Waals surface area contributed by atoms with Gasteiger partial charge in [-0.1, -0.05) is 55.5 Å². The lowest BCUT2D eigenvalue weighted by atomic mass is 10.0. The minimum atomic E-state index is -1.32. The summed E-state index contributed by atoms with van der Waals surface area (Å²) >= 11 is 0. The summed E-state index contributed by atoms with van der Waals surface area (Å²) in [6, 6.07) is 9.08. The van der Waals surface area contributed by atoms with E-state index in [4.69, 9.17) is 0 Å². The van der Waals surface area contributed by atoms with Gasteiger partial charge in [0.1, 0.15) is 23.9 Å². The second-order valence-electron chi connectivity index (χ2n) is 10.4. The SMILES string of the molecule is CC(C)C(NC(=O)Cc1ccccc1)C(=O)NC(CCC(=O)O)C(=O)N1c2ncccc2CC1C(=O)NCc1nn[nH]n1. The van der Waals surface area contributed by atoms with Crippen molar-refractivity contribution in [2.24, 2.45) is 5.92 Å². The summed E-state index contributed by atoms with van der Waals surface area (Å²) in [5, 5.41) is 30.7. The van der Waals surface area contributed by atoms with Crippen LogP contribution in [-0.4, -0.2) is 78.4 Å². The first kappa shape index (κ1) is 30.7. The molecule has 0 radical (unpaired) electrons. The summed E-state index contributed by atoms with van der Waals surface area (Å²) in [6.07, 6.45) is 0.993. The molecule has 0 saturated heterocycles. The van der Waals surface area contributed by atoms with Crippen molar-refractivity contribution in [2.75, 3.05) is 4.90 Å². The molecule has 0 aliphatic carbocycles. The zero-order chi connectivity index (χ0) is 30.9. The Kier molecular flexibility index (Phi) is 10.1. The molecule has 2 aromatic heterocycles. The fourth-order valence-corrected chi connectivity index (χ4v) is 4.76. The quantitative estimate of drug-likeness (QED) is 0.178. The van der Waals surface area contributed by atoms with E-state index in [0.717, 1.165) is 5.56 Å². The zero-order valence-corrected chi connectivity index (χ0v) is 23.7. The van der Waals surface area contributed by atoms with Crippen LogP contribution in [0.5, 0.6) is 0 Å². The minimum absolute atomic E-state index is 0.0461. The van der Waals surface area contributed by atoms with Crippen LogP contribution in [0.2, 0.25) is 0 Å². The number of rotatable bonds is 13. The fraction of sp³-hybridized carbons (Fsp3) is 0.393. The Morgan fingerprint density at radius 2 is 1.84 bits per heavy atom. The van der Waals surface area contributed by atoms with Crippen LogP contribution in [0.25, 0.3) is 0 Å². The number of carbonyl (C=O) groups is 5. The van der Waals surface area contributed by atoms with Gasteiger partial charge in [-0.15, -0.1) is 10.2 Å². The summed E-state index contributed by atoms with van der Waals surface area (Å²) in [7, 11) is 0. The van der Waals surface area contributed by atoms with Gasteiger partial charge in [0.05, 0.1) is 13.0 Å². The lowest BCUT2D eigenvalue weighted by Gasteiger charge is -2.30. The molecule has 43 heavy (non-hydrogen) atoms. The monoisotopic (exact) mass is 591 g/mol. The number of nitrogens with zero attached hydrogens (tertiary/aromatic N) is 5. The third-order valence-corrected chi connectivity index (χ3v) is 6.91. The van der Waals surface area contributed by atoms with Gasteiger partial charge in [-0.25, -0.2) is 4.98 Å². The molecular weight excluding hydrogens is 558 g/mol. The third kappa shape index (κ3) is 7.96. The molecule has 15 heteroatoms. The van der Waals surface area contributed by atoms with Crippen LogP contribution in [0, 0.1) is 5.92 Å². The van der Waals surface area contributed by atoms with Crippen LogP contribution in [0.15, 0.2) is 48.7 Å². The Labute approximate surface area is 246 Å². The molecule has 0 saturated carbocycles. The summed E-state index contributed by atoms with van der Waals surface area (Å²) in [6.45, 7) is 3.44. The van der Waals surface area contributed by atoms with E-state index in [-0.39, 0.29) is 49.3 Å². The Morgan fingerprint density at radius 1 is 1.07 bits per heavy atom. The number of carbonyl (C=O) groups excluding carboxylic acids is 4. The highest BCUT2D eigenvalue weighted by molar-refractivity contribution is 6.06. The lowest BCUT2D eigenvalue weighted by molar-refractivity contribution is -0.138. The van der Waals surface area contributed by atoms with Gasteiger partial charge in [-0.3, -0.25) is 28.9 Å². The largest absolute Gasteiger partial charge is 0.481 e. The van der Waals surface area contributed by atoms with Gasteiger partial charge in [-0.05, 0) is 29.5 Å². The van der Waals surface area contributed by atoms with E-state index in [0.29, 0.717) is 5.56 Å². The number of anilines is 1. The first-order valence-corrected chi connectivity index (χ1v) is 13.8. The van der Waals surface area contributed by atoms with E-state index in [1.165, 1.54) is 11.1 Å². The van der Waals surface area contributed by atoms with E-state index in [9.17, 15) is 29.1 Å². The second-order valence-corrected chi connectivity index (χ2v) is 10.4. The molecule has 0 fully saturated rings. The maximum atomic E-state index is 14.0. The number of nitrogens with one attached hydrogen (secondary N) is 4. The molecule has 5 N–H and O–H groups in total. The third-order valence-electron chi connectivity index (χ3n) is 6.91. The highest BCUT2D eigenvalue weighted by Gasteiger charge is 2.42. The summed E-state index contributed by atoms with van der Waals surface area (Å²) < 4.78 is 0. The molecule has 0 spiro atoms. The number of carboxylic acids is 1. The van der Waals surface area contributed by atoms with Gasteiger partial charge in [0, 0.05) is 19.0 Å². The molecule has 3 aromatic rings. The Morgan fingerprint density at radius 3 is 2.51 bits per heavy atom. The minimum Gasteiger partial charge on any atom is -0.481 e. The van der Waals surface area contributed by atoms with E-state index >= 15 is 0 Å². The number of aliphatic carboxylic acids is 1. The maximum Gasteiger partial charge on any atom is 0.303 e. The van der Waals surface area contributed by atoms with Crippen molar-refractivity contribution in [3.05, 3.63) is 65.6 Å². The Hall–Kier alpha value is -5.21. The van der Waals surface area contributed by atoms with Crippen LogP contribution >= 0.6 is 0 Å². The van der Waals surface area contributed by atoms with Crippen LogP contribution in [-0.2, 0) is 43.4 Å². The predicted molar refractivity (Wildman–Crippen MR) is 151 cm³/mol.